The molecule has 0 fully saturated rings. The molecule has 1 rings (SSSR count). The Morgan fingerprint density at radius 1 is 1.08 bits per heavy atom. The van der Waals surface area contributed by atoms with Gasteiger partial charge in [0.2, 0.25) is 0 Å². The number of nitrogens with zero attached hydrogens (tertiary/aromatic N) is 1. The highest BCUT2D eigenvalue weighted by Gasteiger charge is 2.42. The number of esters is 2. The molecule has 9 nitrogen and oxygen atoms in total. The largest absolute Gasteiger partial charge is 0.480 e. The fourth-order valence-corrected chi connectivity index (χ4v) is 2.12. The third-order valence-electron chi connectivity index (χ3n) is 3.46. The molecule has 0 aliphatic heterocycles. The minimum atomic E-state index is -1.51. The lowest BCUT2D eigenvalue weighted by Crippen LogP contribution is -2.50. The van der Waals surface area contributed by atoms with Crippen LogP contribution in [0.3, 0.4) is 0 Å². The molecule has 1 aromatic heterocycles. The molecule has 0 bridgehead atoms. The van der Waals surface area contributed by atoms with Gasteiger partial charge in [-0.1, -0.05) is 6.92 Å². The Morgan fingerprint density at radius 2 is 1.58 bits per heavy atom. The van der Waals surface area contributed by atoms with E-state index in [1.807, 2.05) is 0 Å². The molecule has 2 atom stereocenters. The lowest BCUT2D eigenvalue weighted by Gasteiger charge is -2.26. The summed E-state index contributed by atoms with van der Waals surface area (Å²) < 4.78 is 9.04. The molecule has 0 spiro atoms. The van der Waals surface area contributed by atoms with Gasteiger partial charge in [0, 0.05) is 23.9 Å². The molecule has 0 aliphatic rings. The van der Waals surface area contributed by atoms with Crippen molar-refractivity contribution in [1.29, 1.82) is 0 Å². The number of pyridine rings is 1. The average molecular weight is 338 g/mol. The van der Waals surface area contributed by atoms with E-state index in [9.17, 15) is 24.3 Å². The third-order valence-corrected chi connectivity index (χ3v) is 3.46. The second kappa shape index (κ2) is 8.61. The van der Waals surface area contributed by atoms with Gasteiger partial charge in [0.25, 0.3) is 5.91 Å². The maximum absolute atomic E-state index is 12.1. The minimum absolute atomic E-state index is 0.191. The molecule has 24 heavy (non-hydrogen) atoms. The summed E-state index contributed by atoms with van der Waals surface area (Å²) >= 11 is 0. The molecule has 130 valence electrons. The van der Waals surface area contributed by atoms with E-state index in [-0.39, 0.29) is 5.56 Å². The van der Waals surface area contributed by atoms with Gasteiger partial charge < -0.3 is 19.9 Å². The molecular formula is C15H18N2O7. The first-order valence-electron chi connectivity index (χ1n) is 6.92. The zero-order chi connectivity index (χ0) is 18.3. The van der Waals surface area contributed by atoms with Crippen molar-refractivity contribution in [3.63, 3.8) is 0 Å². The maximum atomic E-state index is 12.1. The zero-order valence-corrected chi connectivity index (χ0v) is 13.4. The molecule has 0 aromatic carbocycles. The minimum Gasteiger partial charge on any atom is -0.480 e. The van der Waals surface area contributed by atoms with Gasteiger partial charge in [-0.05, 0) is 12.1 Å². The van der Waals surface area contributed by atoms with E-state index in [1.54, 1.807) is 0 Å². The summed E-state index contributed by atoms with van der Waals surface area (Å²) in [7, 11) is 2.13. The number of carbonyl (C=O) groups excluding carboxylic acids is 3. The summed E-state index contributed by atoms with van der Waals surface area (Å²) in [4.78, 5) is 51.0. The number of ether oxygens (including phenoxy) is 2. The Morgan fingerprint density at radius 3 is 2.00 bits per heavy atom. The van der Waals surface area contributed by atoms with E-state index >= 15 is 0 Å². The summed E-state index contributed by atoms with van der Waals surface area (Å²) in [6, 6.07) is 1.29. The highest BCUT2D eigenvalue weighted by molar-refractivity contribution is 5.98. The molecule has 0 unspecified atom stereocenters. The highest BCUT2D eigenvalue weighted by atomic mass is 16.5. The standard InChI is InChI=1S/C15H18N2O7/c1-8(10(14(21)23-2)15(22)24-3)11(13(19)20)17-12(18)9-4-6-16-7-5-9/h4-8,10-11H,1-3H3,(H,17,18)(H,19,20)/t8-,11-/m1/s1. The maximum Gasteiger partial charge on any atom is 0.326 e. The Labute approximate surface area is 138 Å². The number of amides is 1. The first-order chi connectivity index (χ1) is 11.3. The van der Waals surface area contributed by atoms with Crippen LogP contribution in [-0.2, 0) is 23.9 Å². The van der Waals surface area contributed by atoms with Crippen molar-refractivity contribution in [2.24, 2.45) is 11.8 Å². The topological polar surface area (TPSA) is 132 Å². The van der Waals surface area contributed by atoms with Gasteiger partial charge in [-0.25, -0.2) is 4.79 Å². The van der Waals surface area contributed by atoms with Crippen LogP contribution in [0.5, 0.6) is 0 Å². The van der Waals surface area contributed by atoms with Crippen LogP contribution in [0, 0.1) is 11.8 Å². The SMILES string of the molecule is COC(=O)C(C(=O)OC)[C@@H](C)[C@@H](NC(=O)c1ccncc1)C(=O)O. The summed E-state index contributed by atoms with van der Waals surface area (Å²) in [5.74, 6) is -6.56. The number of nitrogens with one attached hydrogen (secondary N) is 1. The van der Waals surface area contributed by atoms with Crippen LogP contribution in [0.25, 0.3) is 0 Å². The van der Waals surface area contributed by atoms with Crippen molar-refractivity contribution in [2.75, 3.05) is 14.2 Å². The van der Waals surface area contributed by atoms with E-state index in [0.717, 1.165) is 14.2 Å². The predicted octanol–water partition coefficient (Wildman–Crippen LogP) is -0.137. The predicted molar refractivity (Wildman–Crippen MR) is 79.8 cm³/mol. The molecule has 0 radical (unpaired) electrons. The smallest absolute Gasteiger partial charge is 0.326 e. The first kappa shape index (κ1) is 19.1. The third kappa shape index (κ3) is 4.51. The van der Waals surface area contributed by atoms with Crippen molar-refractivity contribution >= 4 is 23.8 Å². The van der Waals surface area contributed by atoms with E-state index < -0.39 is 41.7 Å². The second-order valence-electron chi connectivity index (χ2n) is 4.91. The lowest BCUT2D eigenvalue weighted by atomic mass is 9.87. The van der Waals surface area contributed by atoms with E-state index in [0.29, 0.717) is 0 Å². The fraction of sp³-hybridized carbons (Fsp3) is 0.400. The molecule has 2 N–H and O–H groups in total. The number of carbonyl (C=O) groups is 4. The molecule has 1 heterocycles. The zero-order valence-electron chi connectivity index (χ0n) is 13.4. The van der Waals surface area contributed by atoms with Crippen LogP contribution in [0.2, 0.25) is 0 Å². The van der Waals surface area contributed by atoms with Crippen LogP contribution in [0.15, 0.2) is 24.5 Å². The summed E-state index contributed by atoms with van der Waals surface area (Å²) in [6.07, 6.45) is 2.75. The summed E-state index contributed by atoms with van der Waals surface area (Å²) in [5, 5.41) is 11.7. The number of methoxy groups -OCH3 is 2. The fourth-order valence-electron chi connectivity index (χ4n) is 2.12. The van der Waals surface area contributed by atoms with Gasteiger partial charge in [0.15, 0.2) is 5.92 Å². The Hall–Kier alpha value is -2.97. The Bertz CT molecular complexity index is 602. The molecule has 1 amide bonds. The van der Waals surface area contributed by atoms with E-state index in [1.165, 1.54) is 31.5 Å². The van der Waals surface area contributed by atoms with Crippen LogP contribution < -0.4 is 5.32 Å². The number of aliphatic carboxylic acids is 1. The molecule has 1 aromatic rings. The van der Waals surface area contributed by atoms with Crippen LogP contribution in [0.1, 0.15) is 17.3 Å². The van der Waals surface area contributed by atoms with Crippen molar-refractivity contribution < 1.29 is 33.8 Å². The van der Waals surface area contributed by atoms with Gasteiger partial charge in [-0.3, -0.25) is 19.4 Å². The van der Waals surface area contributed by atoms with E-state index in [4.69, 9.17) is 0 Å². The van der Waals surface area contributed by atoms with Gasteiger partial charge in [0.1, 0.15) is 6.04 Å². The molecule has 9 heteroatoms. The molecule has 0 saturated carbocycles. The number of carboxylic acid groups (broad SMARTS) is 1. The first-order valence-corrected chi connectivity index (χ1v) is 6.92. The number of aromatic nitrogens is 1. The monoisotopic (exact) mass is 338 g/mol. The van der Waals surface area contributed by atoms with Gasteiger partial charge in [-0.2, -0.15) is 0 Å². The molecule has 0 saturated heterocycles. The van der Waals surface area contributed by atoms with Crippen molar-refractivity contribution in [3.05, 3.63) is 30.1 Å². The van der Waals surface area contributed by atoms with Crippen LogP contribution in [0.4, 0.5) is 0 Å². The van der Waals surface area contributed by atoms with Gasteiger partial charge >= 0.3 is 17.9 Å². The quantitative estimate of drug-likeness (QED) is 0.519. The van der Waals surface area contributed by atoms with Crippen molar-refractivity contribution in [2.45, 2.75) is 13.0 Å². The number of hydrogen-bond donors (Lipinski definition) is 2. The number of rotatable bonds is 7. The Balaban J connectivity index is 3.04. The van der Waals surface area contributed by atoms with Crippen LogP contribution >= 0.6 is 0 Å². The van der Waals surface area contributed by atoms with Gasteiger partial charge in [-0.15, -0.1) is 0 Å². The normalized spacial score (nSPS) is 12.8. The van der Waals surface area contributed by atoms with Crippen molar-refractivity contribution in [1.82, 2.24) is 10.3 Å². The second-order valence-corrected chi connectivity index (χ2v) is 4.91. The molecular weight excluding hydrogens is 320 g/mol. The lowest BCUT2D eigenvalue weighted by molar-refractivity contribution is -0.162. The number of hydrogen-bond acceptors (Lipinski definition) is 7. The average Bonchev–Trinajstić information content (AvgIpc) is 2.59. The summed E-state index contributed by atoms with van der Waals surface area (Å²) in [5.41, 5.74) is 0.191. The van der Waals surface area contributed by atoms with Gasteiger partial charge in [0.05, 0.1) is 14.2 Å². The number of carboxylic acids is 1. The Kier molecular flexibility index (Phi) is 6.84. The van der Waals surface area contributed by atoms with E-state index in [2.05, 4.69) is 19.8 Å². The summed E-state index contributed by atoms with van der Waals surface area (Å²) in [6.45, 7) is 1.34. The molecule has 0 aliphatic carbocycles. The van der Waals surface area contributed by atoms with Crippen molar-refractivity contribution in [3.8, 4) is 0 Å². The highest BCUT2D eigenvalue weighted by Crippen LogP contribution is 2.20. The van der Waals surface area contributed by atoms with Crippen LogP contribution in [-0.4, -0.2) is 54.2 Å².